The molecule has 1 unspecified atom stereocenters. The largest absolute Gasteiger partial charge is 0.451 e. The smallest absolute Gasteiger partial charge is 0.427 e. The number of unbranched alkanes of at least 4 members (excludes halogenated alkanes) is 1. The fraction of sp³-hybridized carbons (Fsp3) is 0.478. The summed E-state index contributed by atoms with van der Waals surface area (Å²) in [5, 5.41) is 17.8. The second-order valence-corrected chi connectivity index (χ2v) is 8.13. The van der Waals surface area contributed by atoms with Crippen LogP contribution in [0.3, 0.4) is 0 Å². The van der Waals surface area contributed by atoms with Crippen LogP contribution in [0.5, 0.6) is 0 Å². The molecule has 0 saturated heterocycles. The molecular weight excluding hydrogens is 333 g/mol. The maximum Gasteiger partial charge on any atom is 0.451 e. The highest BCUT2D eigenvalue weighted by molar-refractivity contribution is 6.40. The van der Waals surface area contributed by atoms with Gasteiger partial charge in [-0.1, -0.05) is 67.4 Å². The Hall–Kier alpha value is -1.62. The zero-order valence-electron chi connectivity index (χ0n) is 16.1. The van der Waals surface area contributed by atoms with Gasteiger partial charge in [-0.25, -0.2) is 0 Å². The van der Waals surface area contributed by atoms with Crippen molar-refractivity contribution in [2.75, 3.05) is 0 Å². The summed E-state index contributed by atoms with van der Waals surface area (Å²) in [5.41, 5.74) is 10.3. The van der Waals surface area contributed by atoms with Crippen LogP contribution < -0.4 is 5.73 Å². The number of benzene rings is 2. The molecule has 0 radical (unpaired) electrons. The van der Waals surface area contributed by atoms with E-state index in [4.69, 9.17) is 15.8 Å². The van der Waals surface area contributed by atoms with Crippen LogP contribution in [0, 0.1) is 11.8 Å². The van der Waals surface area contributed by atoms with E-state index >= 15 is 0 Å². The average molecular weight is 365 g/mol. The molecule has 1 atom stereocenters. The molecule has 2 aromatic carbocycles. The fourth-order valence-corrected chi connectivity index (χ4v) is 4.22. The zero-order valence-corrected chi connectivity index (χ0v) is 16.1. The van der Waals surface area contributed by atoms with Gasteiger partial charge in [0.05, 0.1) is 0 Å². The molecule has 27 heavy (non-hydrogen) atoms. The highest BCUT2D eigenvalue weighted by Crippen LogP contribution is 2.39. The van der Waals surface area contributed by atoms with Crippen LogP contribution in [-0.2, 0) is 6.42 Å². The molecule has 0 spiro atoms. The van der Waals surface area contributed by atoms with Crippen molar-refractivity contribution < 1.29 is 10.0 Å². The monoisotopic (exact) mass is 365 g/mol. The van der Waals surface area contributed by atoms with Gasteiger partial charge in [-0.15, -0.1) is 0 Å². The first-order chi connectivity index (χ1) is 13.1. The lowest BCUT2D eigenvalue weighted by Gasteiger charge is -2.39. The van der Waals surface area contributed by atoms with E-state index in [1.807, 2.05) is 0 Å². The highest BCUT2D eigenvalue weighted by Gasteiger charge is 2.32. The number of aryl methyl sites for hydroxylation is 1. The van der Waals surface area contributed by atoms with E-state index in [1.165, 1.54) is 36.0 Å². The summed E-state index contributed by atoms with van der Waals surface area (Å²) >= 11 is 0. The first kappa shape index (κ1) is 20.1. The summed E-state index contributed by atoms with van der Waals surface area (Å²) in [6.07, 6.45) is 8.20. The molecule has 4 heteroatoms. The topological polar surface area (TPSA) is 66.5 Å². The van der Waals surface area contributed by atoms with Gasteiger partial charge in [-0.3, -0.25) is 0 Å². The summed E-state index contributed by atoms with van der Waals surface area (Å²) in [4.78, 5) is 0. The van der Waals surface area contributed by atoms with Crippen molar-refractivity contribution in [3.63, 3.8) is 0 Å². The van der Waals surface area contributed by atoms with Crippen LogP contribution in [-0.4, -0.2) is 23.2 Å². The minimum atomic E-state index is -1.17. The summed E-state index contributed by atoms with van der Waals surface area (Å²) < 4.78 is 0. The second kappa shape index (κ2) is 10.1. The first-order valence-electron chi connectivity index (χ1n) is 10.4. The molecule has 0 amide bonds. The van der Waals surface area contributed by atoms with Crippen LogP contribution in [0.1, 0.15) is 44.1 Å². The molecule has 2 aromatic rings. The normalized spacial score (nSPS) is 20.1. The molecule has 1 saturated carbocycles. The van der Waals surface area contributed by atoms with Crippen molar-refractivity contribution in [2.24, 2.45) is 17.6 Å². The van der Waals surface area contributed by atoms with Crippen molar-refractivity contribution in [3.05, 3.63) is 60.2 Å². The Labute approximate surface area is 163 Å². The minimum absolute atomic E-state index is 0.276. The van der Waals surface area contributed by atoms with Gasteiger partial charge in [0.1, 0.15) is 0 Å². The van der Waals surface area contributed by atoms with Crippen LogP contribution in [0.2, 0.25) is 6.32 Å². The SMILES string of the molecule is NC(CCCCB(O)O)C1CC(CCc2cccc(-c3ccccc3)c2)C1. The number of nitrogens with two attached hydrogens (primary N) is 1. The average Bonchev–Trinajstić information content (AvgIpc) is 2.65. The van der Waals surface area contributed by atoms with E-state index < -0.39 is 7.12 Å². The van der Waals surface area contributed by atoms with Crippen molar-refractivity contribution in [1.29, 1.82) is 0 Å². The van der Waals surface area contributed by atoms with Crippen molar-refractivity contribution in [1.82, 2.24) is 0 Å². The Morgan fingerprint density at radius 3 is 2.44 bits per heavy atom. The molecule has 144 valence electrons. The maximum atomic E-state index is 8.88. The third kappa shape index (κ3) is 6.20. The van der Waals surface area contributed by atoms with Gasteiger partial charge in [0, 0.05) is 6.04 Å². The standard InChI is InChI=1S/C23H32BNO2/c25-23(11-4-5-14-24(26)27)22-16-19(17-22)13-12-18-7-6-10-21(15-18)20-8-2-1-3-9-20/h1-3,6-10,15,19,22-23,26-27H,4-5,11-14,16-17,25H2. The Balaban J connectivity index is 1.37. The lowest BCUT2D eigenvalue weighted by Crippen LogP contribution is -2.39. The lowest BCUT2D eigenvalue weighted by molar-refractivity contribution is 0.147. The number of rotatable bonds is 10. The Bertz CT molecular complexity index is 686. The van der Waals surface area contributed by atoms with E-state index in [2.05, 4.69) is 54.6 Å². The number of hydrogen-bond donors (Lipinski definition) is 3. The minimum Gasteiger partial charge on any atom is -0.427 e. The molecule has 3 nitrogen and oxygen atoms in total. The summed E-state index contributed by atoms with van der Waals surface area (Å²) in [6.45, 7) is 0. The summed E-state index contributed by atoms with van der Waals surface area (Å²) in [5.74, 6) is 1.46. The lowest BCUT2D eigenvalue weighted by atomic mass is 9.68. The van der Waals surface area contributed by atoms with Crippen molar-refractivity contribution in [3.8, 4) is 11.1 Å². The predicted octanol–water partition coefficient (Wildman–Crippen LogP) is 4.28. The third-order valence-electron chi connectivity index (χ3n) is 6.00. The van der Waals surface area contributed by atoms with E-state index in [1.54, 1.807) is 0 Å². The quantitative estimate of drug-likeness (QED) is 0.435. The third-order valence-corrected chi connectivity index (χ3v) is 6.00. The van der Waals surface area contributed by atoms with Gasteiger partial charge in [-0.05, 0) is 67.0 Å². The molecule has 0 aromatic heterocycles. The maximum absolute atomic E-state index is 8.88. The van der Waals surface area contributed by atoms with Crippen LogP contribution >= 0.6 is 0 Å². The van der Waals surface area contributed by atoms with Gasteiger partial charge in [0.2, 0.25) is 0 Å². The Morgan fingerprint density at radius 1 is 0.963 bits per heavy atom. The molecule has 0 heterocycles. The molecule has 0 bridgehead atoms. The second-order valence-electron chi connectivity index (χ2n) is 8.13. The fourth-order valence-electron chi connectivity index (χ4n) is 4.22. The molecule has 1 aliphatic carbocycles. The van der Waals surface area contributed by atoms with Gasteiger partial charge >= 0.3 is 7.12 Å². The van der Waals surface area contributed by atoms with Crippen molar-refractivity contribution >= 4 is 7.12 Å². The van der Waals surface area contributed by atoms with E-state index in [0.717, 1.165) is 31.6 Å². The van der Waals surface area contributed by atoms with E-state index in [9.17, 15) is 0 Å². The first-order valence-corrected chi connectivity index (χ1v) is 10.4. The predicted molar refractivity (Wildman–Crippen MR) is 113 cm³/mol. The van der Waals surface area contributed by atoms with Gasteiger partial charge in [0.15, 0.2) is 0 Å². The van der Waals surface area contributed by atoms with Gasteiger partial charge in [-0.2, -0.15) is 0 Å². The highest BCUT2D eigenvalue weighted by atomic mass is 16.4. The molecule has 0 aliphatic heterocycles. The molecule has 4 N–H and O–H groups in total. The zero-order chi connectivity index (χ0) is 19.1. The van der Waals surface area contributed by atoms with Crippen LogP contribution in [0.4, 0.5) is 0 Å². The Kier molecular flexibility index (Phi) is 7.51. The van der Waals surface area contributed by atoms with Crippen LogP contribution in [0.25, 0.3) is 11.1 Å². The molecule has 1 aliphatic rings. The van der Waals surface area contributed by atoms with Crippen LogP contribution in [0.15, 0.2) is 54.6 Å². The summed E-state index contributed by atoms with van der Waals surface area (Å²) in [7, 11) is -1.17. The van der Waals surface area contributed by atoms with E-state index in [0.29, 0.717) is 12.2 Å². The Morgan fingerprint density at radius 2 is 1.70 bits per heavy atom. The summed E-state index contributed by atoms with van der Waals surface area (Å²) in [6, 6.07) is 19.8. The number of hydrogen-bond acceptors (Lipinski definition) is 3. The van der Waals surface area contributed by atoms with Crippen molar-refractivity contribution in [2.45, 2.75) is 57.3 Å². The molecule has 1 fully saturated rings. The van der Waals surface area contributed by atoms with Gasteiger partial charge < -0.3 is 15.8 Å². The molecular formula is C23H32BNO2. The molecule has 3 rings (SSSR count). The van der Waals surface area contributed by atoms with Gasteiger partial charge in [0.25, 0.3) is 0 Å². The van der Waals surface area contributed by atoms with E-state index in [-0.39, 0.29) is 6.04 Å².